The van der Waals surface area contributed by atoms with Crippen molar-refractivity contribution in [2.75, 3.05) is 31.7 Å². The molecule has 0 unspecified atom stereocenters. The predicted molar refractivity (Wildman–Crippen MR) is 161 cm³/mol. The molecule has 3 aromatic rings. The number of anilines is 1. The molecule has 10 nitrogen and oxygen atoms in total. The molecule has 0 bridgehead atoms. The number of hydrogen-bond acceptors (Lipinski definition) is 8. The van der Waals surface area contributed by atoms with Crippen molar-refractivity contribution >= 4 is 17.7 Å². The number of ether oxygens (including phenoxy) is 2. The Kier molecular flexibility index (Phi) is 11.5. The number of benzene rings is 2. The van der Waals surface area contributed by atoms with Crippen molar-refractivity contribution in [2.45, 2.75) is 56.3 Å². The number of rotatable bonds is 12. The highest BCUT2D eigenvalue weighted by atomic mass is 19.1. The Morgan fingerprint density at radius 3 is 2.27 bits per heavy atom. The lowest BCUT2D eigenvalue weighted by atomic mass is 9.85. The van der Waals surface area contributed by atoms with E-state index in [0.717, 1.165) is 6.20 Å². The first-order chi connectivity index (χ1) is 21.5. The van der Waals surface area contributed by atoms with Crippen LogP contribution in [0.4, 0.5) is 23.7 Å². The number of carbonyl (C=O) groups excluding carboxylic acids is 2. The lowest BCUT2D eigenvalue weighted by Gasteiger charge is -2.31. The monoisotopic (exact) mass is 629 g/mol. The third kappa shape index (κ3) is 9.47. The Morgan fingerprint density at radius 1 is 1.09 bits per heavy atom. The first-order valence-electron chi connectivity index (χ1n) is 14.6. The molecule has 1 aromatic heterocycles. The van der Waals surface area contributed by atoms with Crippen LogP contribution in [0.3, 0.4) is 0 Å². The van der Waals surface area contributed by atoms with Crippen molar-refractivity contribution in [1.29, 1.82) is 0 Å². The number of nitrogens with zero attached hydrogens (tertiary/aromatic N) is 1. The van der Waals surface area contributed by atoms with Crippen LogP contribution in [0, 0.1) is 17.5 Å². The Bertz CT molecular complexity index is 1390. The molecule has 13 heteroatoms. The Hall–Kier alpha value is -4.04. The summed E-state index contributed by atoms with van der Waals surface area (Å²) < 4.78 is 53.4. The van der Waals surface area contributed by atoms with Crippen LogP contribution >= 0.6 is 0 Å². The van der Waals surface area contributed by atoms with Gasteiger partial charge in [0.25, 0.3) is 0 Å². The van der Waals surface area contributed by atoms with Gasteiger partial charge in [-0.3, -0.25) is 9.78 Å². The normalized spacial score (nSPS) is 17.5. The van der Waals surface area contributed by atoms with Gasteiger partial charge in [0.15, 0.2) is 0 Å². The molecule has 2 amide bonds. The molecule has 1 fully saturated rings. The van der Waals surface area contributed by atoms with Crippen LogP contribution in [0.5, 0.6) is 0 Å². The van der Waals surface area contributed by atoms with Crippen molar-refractivity contribution in [3.63, 3.8) is 0 Å². The maximum atomic E-state index is 15.0. The van der Waals surface area contributed by atoms with Gasteiger partial charge >= 0.3 is 6.09 Å². The number of alkyl carbamates (subject to hydrolysis) is 1. The van der Waals surface area contributed by atoms with E-state index in [1.54, 1.807) is 13.8 Å². The van der Waals surface area contributed by atoms with Crippen molar-refractivity contribution in [3.05, 3.63) is 95.1 Å². The molecule has 242 valence electrons. The third-order valence-corrected chi connectivity index (χ3v) is 7.52. The summed E-state index contributed by atoms with van der Waals surface area (Å²) in [5, 5.41) is 17.8. The summed E-state index contributed by atoms with van der Waals surface area (Å²) in [5.74, 6) is -2.91. The molecule has 0 saturated carbocycles. The number of carbonyl (C=O) groups is 2. The van der Waals surface area contributed by atoms with Crippen LogP contribution in [0.2, 0.25) is 0 Å². The number of morpholine rings is 1. The van der Waals surface area contributed by atoms with Crippen LogP contribution < -0.4 is 21.7 Å². The van der Waals surface area contributed by atoms with E-state index in [1.165, 1.54) is 54.7 Å². The zero-order valence-electron chi connectivity index (χ0n) is 25.1. The fourth-order valence-electron chi connectivity index (χ4n) is 4.93. The largest absolute Gasteiger partial charge is 0.448 e. The molecule has 0 spiro atoms. The molecule has 1 saturated heterocycles. The first kappa shape index (κ1) is 33.8. The van der Waals surface area contributed by atoms with Gasteiger partial charge in [-0.2, -0.15) is 0 Å². The number of aromatic nitrogens is 1. The van der Waals surface area contributed by atoms with Gasteiger partial charge in [0, 0.05) is 18.0 Å². The number of hydrogen-bond donors (Lipinski definition) is 5. The molecular formula is C32H38F3N5O5. The van der Waals surface area contributed by atoms with E-state index < -0.39 is 47.0 Å². The molecule has 1 aliphatic rings. The maximum Gasteiger partial charge on any atom is 0.407 e. The molecule has 45 heavy (non-hydrogen) atoms. The first-order valence-corrected chi connectivity index (χ1v) is 14.6. The van der Waals surface area contributed by atoms with E-state index >= 15 is 0 Å². The van der Waals surface area contributed by atoms with Crippen LogP contribution in [0.1, 0.15) is 42.9 Å². The highest BCUT2D eigenvalue weighted by Gasteiger charge is 2.30. The van der Waals surface area contributed by atoms with E-state index in [0.29, 0.717) is 24.1 Å². The van der Waals surface area contributed by atoms with Crippen molar-refractivity contribution in [1.82, 2.24) is 15.6 Å². The molecule has 0 radical (unpaired) electrons. The fraction of sp³-hybridized carbons (Fsp3) is 0.406. The van der Waals surface area contributed by atoms with Crippen molar-refractivity contribution in [2.24, 2.45) is 5.73 Å². The predicted octanol–water partition coefficient (Wildman–Crippen LogP) is 3.38. The Balaban J connectivity index is 1.36. The van der Waals surface area contributed by atoms with Crippen molar-refractivity contribution < 1.29 is 37.3 Å². The SMILES string of the molecule is CC(C)(CO)NC(=O)OC[C@@H]1CO[C@H](CCc2c(F)cncc2NC(=O)[C@@H](N)C(c2ccc(F)cc2)c2ccc(F)cc2)CN1. The van der Waals surface area contributed by atoms with Crippen LogP contribution in [-0.2, 0) is 20.7 Å². The van der Waals surface area contributed by atoms with Gasteiger partial charge in [-0.25, -0.2) is 18.0 Å². The van der Waals surface area contributed by atoms with Gasteiger partial charge in [0.2, 0.25) is 5.91 Å². The van der Waals surface area contributed by atoms with Gasteiger partial charge < -0.3 is 36.3 Å². The quantitative estimate of drug-likeness (QED) is 0.205. The van der Waals surface area contributed by atoms with Crippen molar-refractivity contribution in [3.8, 4) is 0 Å². The summed E-state index contributed by atoms with van der Waals surface area (Å²) in [7, 11) is 0. The number of nitrogens with two attached hydrogens (primary N) is 1. The molecule has 6 N–H and O–H groups in total. The number of aliphatic hydroxyl groups is 1. The minimum absolute atomic E-state index is 0.0618. The highest BCUT2D eigenvalue weighted by molar-refractivity contribution is 5.96. The lowest BCUT2D eigenvalue weighted by Crippen LogP contribution is -2.51. The van der Waals surface area contributed by atoms with E-state index in [-0.39, 0.29) is 49.6 Å². The van der Waals surface area contributed by atoms with Crippen LogP contribution in [0.15, 0.2) is 60.9 Å². The van der Waals surface area contributed by atoms with Gasteiger partial charge in [-0.1, -0.05) is 24.3 Å². The maximum absolute atomic E-state index is 15.0. The minimum atomic E-state index is -1.20. The zero-order valence-corrected chi connectivity index (χ0v) is 25.1. The molecule has 0 aliphatic carbocycles. The number of nitrogens with one attached hydrogen (secondary N) is 3. The highest BCUT2D eigenvalue weighted by Crippen LogP contribution is 2.29. The molecule has 2 aromatic carbocycles. The summed E-state index contributed by atoms with van der Waals surface area (Å²) >= 11 is 0. The number of amides is 2. The second kappa shape index (κ2) is 15.3. The summed E-state index contributed by atoms with van der Waals surface area (Å²) in [5.41, 5.74) is 7.09. The van der Waals surface area contributed by atoms with E-state index in [9.17, 15) is 27.9 Å². The van der Waals surface area contributed by atoms with Gasteiger partial charge in [-0.15, -0.1) is 0 Å². The average Bonchev–Trinajstić information content (AvgIpc) is 3.02. The standard InChI is InChI=1S/C32H38F3N5O5/c1-32(2,18-41)40-31(43)45-17-23-16-44-24(13-38-23)11-12-25-26(35)14-37-15-27(25)39-30(42)29(36)28(19-3-7-21(33)8-4-19)20-5-9-22(34)10-6-20/h3-10,14-15,23-24,28-29,38,41H,11-13,16-18,36H2,1-2H3,(H,39,42)(H,40,43)/t23-,24+,29-/m0/s1. The van der Waals surface area contributed by atoms with E-state index in [2.05, 4.69) is 20.9 Å². The Morgan fingerprint density at radius 2 is 1.71 bits per heavy atom. The zero-order chi connectivity index (χ0) is 32.6. The lowest BCUT2D eigenvalue weighted by molar-refractivity contribution is -0.117. The fourth-order valence-corrected chi connectivity index (χ4v) is 4.93. The van der Waals surface area contributed by atoms with Gasteiger partial charge in [0.1, 0.15) is 24.1 Å². The molecule has 2 heterocycles. The number of halogens is 3. The van der Waals surface area contributed by atoms with E-state index in [4.69, 9.17) is 15.2 Å². The molecule has 1 aliphatic heterocycles. The molecular weight excluding hydrogens is 591 g/mol. The second-order valence-corrected chi connectivity index (χ2v) is 11.6. The number of pyridine rings is 1. The summed E-state index contributed by atoms with van der Waals surface area (Å²) in [6.45, 7) is 3.83. The average molecular weight is 630 g/mol. The molecule has 4 rings (SSSR count). The third-order valence-electron chi connectivity index (χ3n) is 7.52. The van der Waals surface area contributed by atoms with Crippen LogP contribution in [0.25, 0.3) is 0 Å². The van der Waals surface area contributed by atoms with Crippen LogP contribution in [-0.4, -0.2) is 72.2 Å². The topological polar surface area (TPSA) is 148 Å². The smallest absolute Gasteiger partial charge is 0.407 e. The van der Waals surface area contributed by atoms with Gasteiger partial charge in [-0.05, 0) is 62.1 Å². The molecule has 3 atom stereocenters. The number of aliphatic hydroxyl groups excluding tert-OH is 1. The van der Waals surface area contributed by atoms with Gasteiger partial charge in [0.05, 0.1) is 55.0 Å². The Labute approximate surface area is 259 Å². The van der Waals surface area contributed by atoms with E-state index in [1.807, 2.05) is 0 Å². The summed E-state index contributed by atoms with van der Waals surface area (Å²) in [6, 6.07) is 9.59. The minimum Gasteiger partial charge on any atom is -0.448 e. The summed E-state index contributed by atoms with van der Waals surface area (Å²) in [4.78, 5) is 29.3. The second-order valence-electron chi connectivity index (χ2n) is 11.6. The summed E-state index contributed by atoms with van der Waals surface area (Å²) in [6.07, 6.45) is 2.09.